The van der Waals surface area contributed by atoms with Crippen molar-refractivity contribution in [3.63, 3.8) is 0 Å². The van der Waals surface area contributed by atoms with E-state index in [4.69, 9.17) is 5.11 Å². The molecule has 0 unspecified atom stereocenters. The van der Waals surface area contributed by atoms with Crippen LogP contribution in [0.15, 0.2) is 4.99 Å². The first-order chi connectivity index (χ1) is 4.79. The third-order valence-electron chi connectivity index (χ3n) is 1.37. The molecule has 0 aromatic carbocycles. The second-order valence-electron chi connectivity index (χ2n) is 2.20. The van der Waals surface area contributed by atoms with E-state index in [0.29, 0.717) is 6.54 Å². The molecule has 0 aliphatic carbocycles. The molecule has 0 saturated carbocycles. The molecule has 0 amide bonds. The van der Waals surface area contributed by atoms with Crippen LogP contribution < -0.4 is 59.1 Å². The van der Waals surface area contributed by atoms with E-state index in [1.807, 2.05) is 4.90 Å². The van der Waals surface area contributed by atoms with Crippen LogP contribution in [0.1, 0.15) is 6.42 Å². The predicted octanol–water partition coefficient (Wildman–Crippen LogP) is -6.54. The number of hydrogen-bond acceptors (Lipinski definition) is 5. The summed E-state index contributed by atoms with van der Waals surface area (Å²) in [5.41, 5.74) is 0. The van der Waals surface area contributed by atoms with E-state index in [1.54, 1.807) is 6.34 Å². The first-order valence-electron chi connectivity index (χ1n) is 3.25. The Kier molecular flexibility index (Phi) is 24.0. The predicted molar refractivity (Wildman–Crippen MR) is 41.1 cm³/mol. The Morgan fingerprint density at radius 2 is 2.00 bits per heavy atom. The van der Waals surface area contributed by atoms with Gasteiger partial charge in [-0.2, -0.15) is 0 Å². The van der Waals surface area contributed by atoms with E-state index < -0.39 is 5.97 Å². The zero-order valence-electron chi connectivity index (χ0n) is 8.55. The number of carboxylic acids is 1. The SMILES string of the molecule is O=C(O)CCN1C=NCC1.[Na+].[Na+].[OH-].[OH-]. The van der Waals surface area contributed by atoms with Crippen molar-refractivity contribution in [2.75, 3.05) is 19.6 Å². The summed E-state index contributed by atoms with van der Waals surface area (Å²) in [6, 6.07) is 0. The second kappa shape index (κ2) is 13.9. The number of aliphatic carboxylic acids is 1. The largest absolute Gasteiger partial charge is 1.00 e. The van der Waals surface area contributed by atoms with Gasteiger partial charge in [0.15, 0.2) is 0 Å². The van der Waals surface area contributed by atoms with Gasteiger partial charge < -0.3 is 21.0 Å². The Hall–Kier alpha value is 0.860. The van der Waals surface area contributed by atoms with Gasteiger partial charge in [0.1, 0.15) is 0 Å². The van der Waals surface area contributed by atoms with Crippen LogP contribution >= 0.6 is 0 Å². The molecule has 0 aromatic rings. The summed E-state index contributed by atoms with van der Waals surface area (Å²) in [6.45, 7) is 2.26. The van der Waals surface area contributed by atoms with Crippen LogP contribution in [-0.2, 0) is 4.79 Å². The van der Waals surface area contributed by atoms with Crippen molar-refractivity contribution in [1.29, 1.82) is 0 Å². The number of carboxylic acid groups (broad SMARTS) is 1. The molecular formula is C6H12N2Na2O4. The first-order valence-corrected chi connectivity index (χ1v) is 3.25. The minimum absolute atomic E-state index is 0. The maximum Gasteiger partial charge on any atom is 1.00 e. The van der Waals surface area contributed by atoms with Crippen molar-refractivity contribution in [2.24, 2.45) is 4.99 Å². The van der Waals surface area contributed by atoms with Crippen molar-refractivity contribution in [2.45, 2.75) is 6.42 Å². The number of rotatable bonds is 3. The van der Waals surface area contributed by atoms with Crippen LogP contribution in [0.3, 0.4) is 0 Å². The van der Waals surface area contributed by atoms with Gasteiger partial charge in [-0.05, 0) is 0 Å². The van der Waals surface area contributed by atoms with Gasteiger partial charge >= 0.3 is 65.1 Å². The van der Waals surface area contributed by atoms with E-state index in [2.05, 4.69) is 4.99 Å². The van der Waals surface area contributed by atoms with Crippen molar-refractivity contribution in [3.05, 3.63) is 0 Å². The maximum absolute atomic E-state index is 10.1. The maximum atomic E-state index is 10.1. The summed E-state index contributed by atoms with van der Waals surface area (Å²) in [5.74, 6) is -0.750. The van der Waals surface area contributed by atoms with Gasteiger partial charge in [-0.15, -0.1) is 0 Å². The monoisotopic (exact) mass is 222 g/mol. The molecule has 3 N–H and O–H groups in total. The third kappa shape index (κ3) is 10.9. The summed E-state index contributed by atoms with van der Waals surface area (Å²) in [7, 11) is 0. The van der Waals surface area contributed by atoms with E-state index in [1.165, 1.54) is 0 Å². The summed E-state index contributed by atoms with van der Waals surface area (Å²) in [5, 5.41) is 8.30. The molecule has 8 heteroatoms. The summed E-state index contributed by atoms with van der Waals surface area (Å²) >= 11 is 0. The number of nitrogens with zero attached hydrogens (tertiary/aromatic N) is 2. The number of carbonyl (C=O) groups is 1. The van der Waals surface area contributed by atoms with Gasteiger partial charge in [-0.3, -0.25) is 9.79 Å². The van der Waals surface area contributed by atoms with E-state index in [9.17, 15) is 4.79 Å². The number of hydrogen-bond donors (Lipinski definition) is 1. The van der Waals surface area contributed by atoms with Crippen LogP contribution in [0.5, 0.6) is 0 Å². The molecule has 0 spiro atoms. The Morgan fingerprint density at radius 3 is 2.36 bits per heavy atom. The van der Waals surface area contributed by atoms with E-state index in [0.717, 1.165) is 13.1 Å². The molecule has 1 heterocycles. The van der Waals surface area contributed by atoms with Gasteiger partial charge in [-0.1, -0.05) is 0 Å². The smallest absolute Gasteiger partial charge is 0.870 e. The van der Waals surface area contributed by atoms with Crippen LogP contribution in [0, 0.1) is 0 Å². The van der Waals surface area contributed by atoms with Crippen molar-refractivity contribution in [1.82, 2.24) is 4.90 Å². The Labute approximate surface area is 127 Å². The Bertz CT molecular complexity index is 168. The van der Waals surface area contributed by atoms with Gasteiger partial charge in [0.2, 0.25) is 0 Å². The quantitative estimate of drug-likeness (QED) is 0.477. The molecule has 1 rings (SSSR count). The van der Waals surface area contributed by atoms with Crippen LogP contribution in [-0.4, -0.2) is 52.9 Å². The second-order valence-corrected chi connectivity index (χ2v) is 2.20. The Morgan fingerprint density at radius 1 is 1.43 bits per heavy atom. The standard InChI is InChI=1S/C6H10N2O2.2Na.2H2O/c9-6(10)1-3-8-4-2-7-5-8;;;;/h5H,1-4H2,(H,9,10);;;2*1H2/q;2*+1;;/p-2. The van der Waals surface area contributed by atoms with Gasteiger partial charge in [-0.25, -0.2) is 0 Å². The average molecular weight is 222 g/mol. The first kappa shape index (κ1) is 24.2. The van der Waals surface area contributed by atoms with Gasteiger partial charge in [0.25, 0.3) is 0 Å². The summed E-state index contributed by atoms with van der Waals surface area (Å²) in [6.07, 6.45) is 1.91. The molecule has 0 atom stereocenters. The van der Waals surface area contributed by atoms with Crippen molar-refractivity contribution >= 4 is 12.3 Å². The molecule has 0 saturated heterocycles. The summed E-state index contributed by atoms with van der Waals surface area (Å²) < 4.78 is 0. The average Bonchev–Trinajstić information content (AvgIpc) is 2.34. The molecule has 1 aliphatic heterocycles. The van der Waals surface area contributed by atoms with Crippen molar-refractivity contribution in [3.8, 4) is 0 Å². The topological polar surface area (TPSA) is 113 Å². The fraction of sp³-hybridized carbons (Fsp3) is 0.667. The zero-order valence-corrected chi connectivity index (χ0v) is 12.6. The minimum Gasteiger partial charge on any atom is -0.870 e. The number of aliphatic imine (C=N–C) groups is 1. The molecule has 6 nitrogen and oxygen atoms in total. The fourth-order valence-corrected chi connectivity index (χ4v) is 0.826. The molecule has 14 heavy (non-hydrogen) atoms. The Balaban J connectivity index is -0.000000125. The fourth-order valence-electron chi connectivity index (χ4n) is 0.826. The third-order valence-corrected chi connectivity index (χ3v) is 1.37. The molecular weight excluding hydrogens is 210 g/mol. The molecule has 1 aliphatic rings. The van der Waals surface area contributed by atoms with Gasteiger partial charge in [0.05, 0.1) is 19.3 Å². The normalized spacial score (nSPS) is 11.6. The van der Waals surface area contributed by atoms with Crippen LogP contribution in [0.25, 0.3) is 0 Å². The van der Waals surface area contributed by atoms with E-state index in [-0.39, 0.29) is 76.5 Å². The van der Waals surface area contributed by atoms with Crippen LogP contribution in [0.2, 0.25) is 0 Å². The van der Waals surface area contributed by atoms with Crippen molar-refractivity contribution < 1.29 is 80.0 Å². The molecule has 0 fully saturated rings. The molecule has 72 valence electrons. The molecule has 0 radical (unpaired) electrons. The zero-order chi connectivity index (χ0) is 7.40. The minimum atomic E-state index is -0.750. The van der Waals surface area contributed by atoms with Gasteiger partial charge in [0, 0.05) is 13.1 Å². The summed E-state index contributed by atoms with van der Waals surface area (Å²) in [4.78, 5) is 15.9. The molecule has 0 bridgehead atoms. The van der Waals surface area contributed by atoms with E-state index >= 15 is 0 Å². The van der Waals surface area contributed by atoms with Crippen LogP contribution in [0.4, 0.5) is 0 Å². The molecule has 0 aromatic heterocycles.